The van der Waals surface area contributed by atoms with Crippen LogP contribution in [0, 0.1) is 6.92 Å². The van der Waals surface area contributed by atoms with Crippen molar-refractivity contribution >= 4 is 17.4 Å². The van der Waals surface area contributed by atoms with Crippen LogP contribution in [0.1, 0.15) is 44.6 Å². The Morgan fingerprint density at radius 2 is 2.10 bits per heavy atom. The van der Waals surface area contributed by atoms with Crippen LogP contribution >= 0.6 is 11.6 Å². The molecule has 6 heteroatoms. The molecule has 0 aliphatic rings. The predicted molar refractivity (Wildman–Crippen MR) is 81.8 cm³/mol. The van der Waals surface area contributed by atoms with E-state index in [4.69, 9.17) is 11.6 Å². The number of hydrogen-bond acceptors (Lipinski definition) is 4. The topological polar surface area (TPSA) is 55.6 Å². The summed E-state index contributed by atoms with van der Waals surface area (Å²) in [5.74, 6) is 2.61. The van der Waals surface area contributed by atoms with Gasteiger partial charge in [-0.3, -0.25) is 0 Å². The number of rotatable bonds is 5. The van der Waals surface area contributed by atoms with Crippen molar-refractivity contribution in [1.82, 2.24) is 19.7 Å². The summed E-state index contributed by atoms with van der Waals surface area (Å²) in [6.07, 6.45) is 2.82. The summed E-state index contributed by atoms with van der Waals surface area (Å²) < 4.78 is 1.70. The molecule has 0 saturated heterocycles. The number of halogens is 1. The lowest BCUT2D eigenvalue weighted by atomic mass is 10.2. The molecule has 0 bridgehead atoms. The molecule has 2 aromatic heterocycles. The molecular formula is C14H20ClN5. The zero-order valence-corrected chi connectivity index (χ0v) is 13.1. The van der Waals surface area contributed by atoms with Gasteiger partial charge in [-0.15, -0.1) is 0 Å². The highest BCUT2D eigenvalue weighted by Crippen LogP contribution is 2.19. The molecule has 0 spiro atoms. The molecule has 0 aliphatic carbocycles. The van der Waals surface area contributed by atoms with E-state index in [0.29, 0.717) is 5.02 Å². The van der Waals surface area contributed by atoms with Crippen LogP contribution in [0.4, 0.5) is 5.82 Å². The number of nitrogens with one attached hydrogen (secondary N) is 1. The Morgan fingerprint density at radius 1 is 1.35 bits per heavy atom. The highest BCUT2D eigenvalue weighted by Gasteiger charge is 2.11. The van der Waals surface area contributed by atoms with Crippen LogP contribution in [0.15, 0.2) is 12.3 Å². The summed E-state index contributed by atoms with van der Waals surface area (Å²) in [6.45, 7) is 9.02. The molecule has 1 N–H and O–H groups in total. The van der Waals surface area contributed by atoms with E-state index in [1.54, 1.807) is 10.9 Å². The second-order valence-corrected chi connectivity index (χ2v) is 5.47. The van der Waals surface area contributed by atoms with E-state index in [1.165, 1.54) is 0 Å². The molecule has 5 nitrogen and oxygen atoms in total. The van der Waals surface area contributed by atoms with E-state index in [0.717, 1.165) is 36.1 Å². The first kappa shape index (κ1) is 14.8. The van der Waals surface area contributed by atoms with Gasteiger partial charge in [0, 0.05) is 18.5 Å². The van der Waals surface area contributed by atoms with Gasteiger partial charge < -0.3 is 5.32 Å². The van der Waals surface area contributed by atoms with E-state index in [-0.39, 0.29) is 5.92 Å². The van der Waals surface area contributed by atoms with Crippen LogP contribution in [0.5, 0.6) is 0 Å². The fourth-order valence-electron chi connectivity index (χ4n) is 1.73. The molecule has 2 aromatic rings. The van der Waals surface area contributed by atoms with Gasteiger partial charge in [0.05, 0.1) is 16.9 Å². The van der Waals surface area contributed by atoms with Gasteiger partial charge >= 0.3 is 0 Å². The smallest absolute Gasteiger partial charge is 0.159 e. The second-order valence-electron chi connectivity index (χ2n) is 5.06. The lowest BCUT2D eigenvalue weighted by Gasteiger charge is -2.11. The third-order valence-electron chi connectivity index (χ3n) is 2.88. The quantitative estimate of drug-likeness (QED) is 0.915. The number of anilines is 1. The molecule has 108 valence electrons. The Morgan fingerprint density at radius 3 is 2.65 bits per heavy atom. The molecular weight excluding hydrogens is 274 g/mol. The lowest BCUT2D eigenvalue weighted by molar-refractivity contribution is 0.743. The van der Waals surface area contributed by atoms with Gasteiger partial charge in [0.15, 0.2) is 5.82 Å². The first-order valence-electron chi connectivity index (χ1n) is 6.86. The monoisotopic (exact) mass is 293 g/mol. The van der Waals surface area contributed by atoms with Gasteiger partial charge in [-0.1, -0.05) is 32.4 Å². The minimum absolute atomic E-state index is 0.254. The average Bonchev–Trinajstić information content (AvgIpc) is 2.76. The maximum absolute atomic E-state index is 6.06. The summed E-state index contributed by atoms with van der Waals surface area (Å²) in [4.78, 5) is 9.09. The van der Waals surface area contributed by atoms with Crippen LogP contribution < -0.4 is 5.32 Å². The standard InChI is InChI=1S/C14H20ClN5/c1-5-6-16-12-7-13(18-14(17-12)9(2)3)20-8-11(15)10(4)19-20/h7-9H,5-6H2,1-4H3,(H,16,17,18). The fourth-order valence-corrected chi connectivity index (χ4v) is 1.86. The Hall–Kier alpha value is -1.62. The fraction of sp³-hybridized carbons (Fsp3) is 0.500. The molecule has 2 rings (SSSR count). The summed E-state index contributed by atoms with van der Waals surface area (Å²) >= 11 is 6.06. The maximum Gasteiger partial charge on any atom is 0.159 e. The highest BCUT2D eigenvalue weighted by atomic mass is 35.5. The molecule has 0 fully saturated rings. The SMILES string of the molecule is CCCNc1cc(-n2cc(Cl)c(C)n2)nc(C(C)C)n1. The predicted octanol–water partition coefficient (Wildman–Crippen LogP) is 3.57. The van der Waals surface area contributed by atoms with E-state index in [9.17, 15) is 0 Å². The molecule has 2 heterocycles. The first-order valence-corrected chi connectivity index (χ1v) is 7.24. The summed E-state index contributed by atoms with van der Waals surface area (Å²) in [5, 5.41) is 8.30. The van der Waals surface area contributed by atoms with Crippen molar-refractivity contribution < 1.29 is 0 Å². The van der Waals surface area contributed by atoms with E-state index in [1.807, 2.05) is 13.0 Å². The van der Waals surface area contributed by atoms with Crippen molar-refractivity contribution in [1.29, 1.82) is 0 Å². The Balaban J connectivity index is 2.43. The molecule has 0 aliphatic heterocycles. The van der Waals surface area contributed by atoms with Crippen molar-refractivity contribution in [2.45, 2.75) is 40.0 Å². The third kappa shape index (κ3) is 3.28. The Kier molecular flexibility index (Phi) is 4.60. The van der Waals surface area contributed by atoms with Gasteiger partial charge in [-0.25, -0.2) is 14.6 Å². The van der Waals surface area contributed by atoms with Crippen molar-refractivity contribution in [3.63, 3.8) is 0 Å². The van der Waals surface area contributed by atoms with Crippen molar-refractivity contribution in [3.05, 3.63) is 28.8 Å². The van der Waals surface area contributed by atoms with E-state index >= 15 is 0 Å². The minimum Gasteiger partial charge on any atom is -0.370 e. The first-order chi connectivity index (χ1) is 9.51. The van der Waals surface area contributed by atoms with Crippen molar-refractivity contribution in [2.75, 3.05) is 11.9 Å². The molecule has 0 aromatic carbocycles. The number of hydrogen-bond donors (Lipinski definition) is 1. The zero-order chi connectivity index (χ0) is 14.7. The average molecular weight is 294 g/mol. The lowest BCUT2D eigenvalue weighted by Crippen LogP contribution is -2.10. The zero-order valence-electron chi connectivity index (χ0n) is 12.3. The normalized spacial score (nSPS) is 11.1. The molecule has 20 heavy (non-hydrogen) atoms. The van der Waals surface area contributed by atoms with Crippen LogP contribution in [0.3, 0.4) is 0 Å². The van der Waals surface area contributed by atoms with Gasteiger partial charge in [-0.2, -0.15) is 5.10 Å². The van der Waals surface area contributed by atoms with Crippen LogP contribution in [0.25, 0.3) is 5.82 Å². The van der Waals surface area contributed by atoms with Gasteiger partial charge in [0.25, 0.3) is 0 Å². The second kappa shape index (κ2) is 6.22. The maximum atomic E-state index is 6.06. The van der Waals surface area contributed by atoms with Crippen LogP contribution in [-0.4, -0.2) is 26.3 Å². The van der Waals surface area contributed by atoms with Gasteiger partial charge in [0.1, 0.15) is 11.6 Å². The van der Waals surface area contributed by atoms with Crippen LogP contribution in [0.2, 0.25) is 5.02 Å². The molecule has 0 amide bonds. The number of nitrogens with zero attached hydrogens (tertiary/aromatic N) is 4. The molecule has 0 unspecified atom stereocenters. The molecule has 0 atom stereocenters. The van der Waals surface area contributed by atoms with Gasteiger partial charge in [0.2, 0.25) is 0 Å². The Labute approximate surface area is 124 Å². The largest absolute Gasteiger partial charge is 0.370 e. The number of aryl methyl sites for hydroxylation is 1. The number of aromatic nitrogens is 4. The molecule has 0 saturated carbocycles. The van der Waals surface area contributed by atoms with E-state index < -0.39 is 0 Å². The summed E-state index contributed by atoms with van der Waals surface area (Å²) in [6, 6.07) is 1.89. The minimum atomic E-state index is 0.254. The van der Waals surface area contributed by atoms with Gasteiger partial charge in [-0.05, 0) is 13.3 Å². The summed E-state index contributed by atoms with van der Waals surface area (Å²) in [5.41, 5.74) is 0.791. The molecule has 0 radical (unpaired) electrons. The Bertz CT molecular complexity index is 572. The van der Waals surface area contributed by atoms with E-state index in [2.05, 4.69) is 41.2 Å². The third-order valence-corrected chi connectivity index (χ3v) is 3.25. The van der Waals surface area contributed by atoms with Crippen molar-refractivity contribution in [3.8, 4) is 5.82 Å². The van der Waals surface area contributed by atoms with Crippen LogP contribution in [-0.2, 0) is 0 Å². The highest BCUT2D eigenvalue weighted by molar-refractivity contribution is 6.31. The summed E-state index contributed by atoms with van der Waals surface area (Å²) in [7, 11) is 0. The van der Waals surface area contributed by atoms with Crippen molar-refractivity contribution in [2.24, 2.45) is 0 Å².